The monoisotopic (exact) mass is 630 g/mol. The number of rotatable bonds is 14. The quantitative estimate of drug-likeness (QED) is 0.0810. The van der Waals surface area contributed by atoms with Crippen molar-refractivity contribution in [3.63, 3.8) is 0 Å². The molecule has 0 aliphatic carbocycles. The van der Waals surface area contributed by atoms with E-state index in [2.05, 4.69) is 0 Å². The van der Waals surface area contributed by atoms with E-state index in [1.54, 1.807) is 30.8 Å². The number of hydrogen-bond donors (Lipinski definition) is 0. The maximum atomic E-state index is 13.5. The van der Waals surface area contributed by atoms with Crippen molar-refractivity contribution in [1.82, 2.24) is 0 Å². The first-order valence-corrected chi connectivity index (χ1v) is 16.7. The SMILES string of the molecule is CC(CS(=O)c1ccccc1)C(=O)OCCOC(=O)C(CC(SC(=S)c1ccccc1)c1ccccc1)c1ccccc1. The van der Waals surface area contributed by atoms with Crippen LogP contribution in [0.2, 0.25) is 0 Å². The largest absolute Gasteiger partial charge is 0.462 e. The van der Waals surface area contributed by atoms with Crippen LogP contribution in [0.1, 0.15) is 41.2 Å². The Morgan fingerprint density at radius 3 is 1.79 bits per heavy atom. The highest BCUT2D eigenvalue weighted by atomic mass is 32.2. The van der Waals surface area contributed by atoms with Gasteiger partial charge in [0.25, 0.3) is 0 Å². The van der Waals surface area contributed by atoms with Crippen molar-refractivity contribution < 1.29 is 23.3 Å². The van der Waals surface area contributed by atoms with Gasteiger partial charge < -0.3 is 9.47 Å². The van der Waals surface area contributed by atoms with Gasteiger partial charge in [-0.05, 0) is 35.2 Å². The molecule has 43 heavy (non-hydrogen) atoms. The van der Waals surface area contributed by atoms with Crippen molar-refractivity contribution >= 4 is 50.9 Å². The molecule has 0 spiro atoms. The molecular weight excluding hydrogens is 597 g/mol. The molecule has 222 valence electrons. The fourth-order valence-electron chi connectivity index (χ4n) is 4.45. The fourth-order valence-corrected chi connectivity index (χ4v) is 7.29. The molecule has 0 fully saturated rings. The van der Waals surface area contributed by atoms with E-state index in [9.17, 15) is 13.8 Å². The number of thioether (sulfide) groups is 1. The lowest BCUT2D eigenvalue weighted by atomic mass is 9.92. The highest BCUT2D eigenvalue weighted by Crippen LogP contribution is 2.40. The molecule has 4 rings (SSSR count). The van der Waals surface area contributed by atoms with Crippen molar-refractivity contribution in [2.45, 2.75) is 29.4 Å². The van der Waals surface area contributed by atoms with Crippen LogP contribution >= 0.6 is 24.0 Å². The zero-order valence-electron chi connectivity index (χ0n) is 23.9. The molecule has 0 aliphatic rings. The molecule has 0 saturated heterocycles. The third-order valence-electron chi connectivity index (χ3n) is 6.75. The molecule has 0 aliphatic heterocycles. The van der Waals surface area contributed by atoms with Crippen molar-refractivity contribution in [3.8, 4) is 0 Å². The molecule has 4 aromatic carbocycles. The first-order chi connectivity index (χ1) is 20.9. The van der Waals surface area contributed by atoms with Gasteiger partial charge >= 0.3 is 11.9 Å². The topological polar surface area (TPSA) is 69.7 Å². The highest BCUT2D eigenvalue weighted by Gasteiger charge is 2.28. The maximum absolute atomic E-state index is 13.5. The Labute approximate surface area is 265 Å². The summed E-state index contributed by atoms with van der Waals surface area (Å²) < 4.78 is 24.3. The average Bonchev–Trinajstić information content (AvgIpc) is 3.06. The van der Waals surface area contributed by atoms with Crippen LogP contribution in [0.3, 0.4) is 0 Å². The van der Waals surface area contributed by atoms with E-state index in [4.69, 9.17) is 21.7 Å². The van der Waals surface area contributed by atoms with E-state index in [0.717, 1.165) is 20.9 Å². The van der Waals surface area contributed by atoms with Crippen LogP contribution < -0.4 is 0 Å². The van der Waals surface area contributed by atoms with Gasteiger partial charge in [-0.2, -0.15) is 0 Å². The number of thiocarbonyl (C=S) groups is 1. The lowest BCUT2D eigenvalue weighted by molar-refractivity contribution is -0.155. The number of carbonyl (C=O) groups excluding carboxylic acids is 2. The molecule has 5 nitrogen and oxygen atoms in total. The average molecular weight is 631 g/mol. The molecule has 0 amide bonds. The van der Waals surface area contributed by atoms with E-state index in [1.807, 2.05) is 109 Å². The zero-order chi connectivity index (χ0) is 30.4. The highest BCUT2D eigenvalue weighted by molar-refractivity contribution is 8.23. The van der Waals surface area contributed by atoms with E-state index in [1.165, 1.54) is 0 Å². The molecule has 4 unspecified atom stereocenters. The molecular formula is C35H34O5S3. The van der Waals surface area contributed by atoms with Crippen molar-refractivity contribution in [2.24, 2.45) is 5.92 Å². The first-order valence-electron chi connectivity index (χ1n) is 14.0. The normalized spacial score (nSPS) is 13.7. The summed E-state index contributed by atoms with van der Waals surface area (Å²) in [6, 6.07) is 38.4. The van der Waals surface area contributed by atoms with Gasteiger partial charge in [0.1, 0.15) is 13.2 Å². The number of hydrogen-bond acceptors (Lipinski definition) is 7. The summed E-state index contributed by atoms with van der Waals surface area (Å²) in [6.45, 7) is 1.53. The van der Waals surface area contributed by atoms with Crippen LogP contribution in [0.5, 0.6) is 0 Å². The number of benzene rings is 4. The number of carbonyl (C=O) groups is 2. The van der Waals surface area contributed by atoms with Gasteiger partial charge in [0.05, 0.1) is 26.8 Å². The summed E-state index contributed by atoms with van der Waals surface area (Å²) in [6.07, 6.45) is 0.465. The van der Waals surface area contributed by atoms with Crippen LogP contribution in [0.25, 0.3) is 0 Å². The Morgan fingerprint density at radius 1 is 0.721 bits per heavy atom. The molecule has 0 N–H and O–H groups in total. The molecule has 0 bridgehead atoms. The molecule has 0 radical (unpaired) electrons. The Kier molecular flexibility index (Phi) is 12.7. The molecule has 4 atom stereocenters. The van der Waals surface area contributed by atoms with Crippen molar-refractivity contribution in [3.05, 3.63) is 138 Å². The summed E-state index contributed by atoms with van der Waals surface area (Å²) in [5.74, 6) is -1.84. The van der Waals surface area contributed by atoms with Crippen LogP contribution in [0.4, 0.5) is 0 Å². The Balaban J connectivity index is 1.38. The maximum Gasteiger partial charge on any atom is 0.313 e. The lowest BCUT2D eigenvalue weighted by Crippen LogP contribution is -2.24. The fraction of sp³-hybridized carbons (Fsp3) is 0.229. The predicted molar refractivity (Wildman–Crippen MR) is 178 cm³/mol. The zero-order valence-corrected chi connectivity index (χ0v) is 26.3. The number of ether oxygens (including phenoxy) is 2. The van der Waals surface area contributed by atoms with Crippen molar-refractivity contribution in [1.29, 1.82) is 0 Å². The minimum Gasteiger partial charge on any atom is -0.462 e. The van der Waals surface area contributed by atoms with Crippen LogP contribution in [-0.4, -0.2) is 39.3 Å². The summed E-state index contributed by atoms with van der Waals surface area (Å²) >= 11 is 7.36. The standard InChI is InChI=1S/C35H34O5S3/c1-26(25-43(38)30-20-12-5-13-21-30)33(36)39-22-23-40-34(37)31(27-14-6-2-7-15-27)24-32(28-16-8-3-9-17-28)42-35(41)29-18-10-4-11-19-29/h2-21,26,31-32H,22-25H2,1H3. The van der Waals surface area contributed by atoms with Gasteiger partial charge in [0, 0.05) is 15.9 Å². The second kappa shape index (κ2) is 16.9. The molecule has 0 heterocycles. The second-order valence-corrected chi connectivity index (χ2v) is 13.3. The molecule has 0 saturated carbocycles. The third kappa shape index (κ3) is 9.99. The van der Waals surface area contributed by atoms with E-state index in [0.29, 0.717) is 11.3 Å². The van der Waals surface area contributed by atoms with Gasteiger partial charge in [-0.25, -0.2) is 0 Å². The molecule has 0 aromatic heterocycles. The minimum atomic E-state index is -1.31. The summed E-state index contributed by atoms with van der Waals surface area (Å²) in [5, 5.41) is -0.101. The Morgan fingerprint density at radius 2 is 1.21 bits per heavy atom. The van der Waals surface area contributed by atoms with Crippen LogP contribution in [0.15, 0.2) is 126 Å². The van der Waals surface area contributed by atoms with E-state index >= 15 is 0 Å². The van der Waals surface area contributed by atoms with Crippen LogP contribution in [0, 0.1) is 5.92 Å². The number of esters is 2. The predicted octanol–water partition coefficient (Wildman–Crippen LogP) is 7.54. The van der Waals surface area contributed by atoms with E-state index in [-0.39, 0.29) is 24.2 Å². The lowest BCUT2D eigenvalue weighted by Gasteiger charge is -2.23. The van der Waals surface area contributed by atoms with Gasteiger partial charge in [0.15, 0.2) is 0 Å². The van der Waals surface area contributed by atoms with E-state index < -0.39 is 34.6 Å². The van der Waals surface area contributed by atoms with Gasteiger partial charge in [0.2, 0.25) is 0 Å². The Bertz CT molecular complexity index is 1480. The van der Waals surface area contributed by atoms with Gasteiger partial charge in [-0.15, -0.1) is 11.8 Å². The second-order valence-electron chi connectivity index (χ2n) is 9.93. The smallest absolute Gasteiger partial charge is 0.313 e. The van der Waals surface area contributed by atoms with Crippen molar-refractivity contribution in [2.75, 3.05) is 19.0 Å². The third-order valence-corrected chi connectivity index (χ3v) is 10.1. The summed E-state index contributed by atoms with van der Waals surface area (Å²) in [5.41, 5.74) is 2.87. The first kappa shape index (κ1) is 32.3. The van der Waals surface area contributed by atoms with Crippen LogP contribution in [-0.2, 0) is 29.9 Å². The summed E-state index contributed by atoms with van der Waals surface area (Å²) in [7, 11) is -1.31. The summed E-state index contributed by atoms with van der Waals surface area (Å²) in [4.78, 5) is 26.7. The van der Waals surface area contributed by atoms with Gasteiger partial charge in [-0.1, -0.05) is 128 Å². The molecule has 8 heteroatoms. The molecule has 4 aromatic rings. The Hall–Kier alpha value is -3.59. The minimum absolute atomic E-state index is 0.0754. The van der Waals surface area contributed by atoms with Gasteiger partial charge in [-0.3, -0.25) is 13.8 Å².